The van der Waals surface area contributed by atoms with Crippen molar-refractivity contribution in [3.63, 3.8) is 0 Å². The predicted molar refractivity (Wildman–Crippen MR) is 65.1 cm³/mol. The van der Waals surface area contributed by atoms with Crippen LogP contribution in [0.1, 0.15) is 11.1 Å². The first-order valence-corrected chi connectivity index (χ1v) is 5.35. The molecule has 0 spiro atoms. The second-order valence-corrected chi connectivity index (χ2v) is 4.09. The summed E-state index contributed by atoms with van der Waals surface area (Å²) >= 11 is 5.76. The summed E-state index contributed by atoms with van der Waals surface area (Å²) in [5, 5.41) is 0.404. The minimum absolute atomic E-state index is 0.404. The van der Waals surface area contributed by atoms with E-state index in [-0.39, 0.29) is 0 Å². The molecule has 0 aliphatic rings. The van der Waals surface area contributed by atoms with Crippen LogP contribution < -0.4 is 4.74 Å². The summed E-state index contributed by atoms with van der Waals surface area (Å²) in [6.07, 6.45) is 1.73. The van der Waals surface area contributed by atoms with Crippen molar-refractivity contribution in [2.24, 2.45) is 0 Å². The van der Waals surface area contributed by atoms with Crippen molar-refractivity contribution in [2.45, 2.75) is 13.8 Å². The van der Waals surface area contributed by atoms with E-state index in [1.54, 1.807) is 13.3 Å². The third kappa shape index (κ3) is 1.91. The summed E-state index contributed by atoms with van der Waals surface area (Å²) in [5.74, 6) is 0.925. The molecule has 4 heteroatoms. The minimum Gasteiger partial charge on any atom is -0.496 e. The number of aryl methyl sites for hydroxylation is 2. The predicted octanol–water partition coefficient (Wildman–Crippen LogP) is 3.36. The Balaban J connectivity index is 2.52. The Bertz CT molecular complexity index is 496. The van der Waals surface area contributed by atoms with Gasteiger partial charge in [-0.05, 0) is 48.7 Å². The lowest BCUT2D eigenvalue weighted by Gasteiger charge is -2.10. The SMILES string of the molecule is COc1c(C)cc(-c2cnc(Cl)[nH]2)cc1C. The largest absolute Gasteiger partial charge is 0.496 e. The molecule has 1 aromatic heterocycles. The van der Waals surface area contributed by atoms with Gasteiger partial charge in [-0.25, -0.2) is 4.98 Å². The number of hydrogen-bond donors (Lipinski definition) is 1. The van der Waals surface area contributed by atoms with Crippen LogP contribution in [0.2, 0.25) is 5.28 Å². The topological polar surface area (TPSA) is 37.9 Å². The summed E-state index contributed by atoms with van der Waals surface area (Å²) in [6, 6.07) is 4.10. The highest BCUT2D eigenvalue weighted by atomic mass is 35.5. The van der Waals surface area contributed by atoms with Crippen LogP contribution in [0.25, 0.3) is 11.3 Å². The van der Waals surface area contributed by atoms with Gasteiger partial charge in [0.1, 0.15) is 5.75 Å². The summed E-state index contributed by atoms with van der Waals surface area (Å²) in [6.45, 7) is 4.04. The number of hydrogen-bond acceptors (Lipinski definition) is 2. The van der Waals surface area contributed by atoms with E-state index in [1.165, 1.54) is 0 Å². The van der Waals surface area contributed by atoms with Gasteiger partial charge in [0.05, 0.1) is 19.0 Å². The zero-order valence-corrected chi connectivity index (χ0v) is 10.2. The number of aromatic amines is 1. The van der Waals surface area contributed by atoms with E-state index in [4.69, 9.17) is 16.3 Å². The van der Waals surface area contributed by atoms with Crippen LogP contribution in [0, 0.1) is 13.8 Å². The lowest BCUT2D eigenvalue weighted by molar-refractivity contribution is 0.408. The first-order valence-electron chi connectivity index (χ1n) is 4.98. The molecule has 0 saturated heterocycles. The van der Waals surface area contributed by atoms with Gasteiger partial charge in [0.15, 0.2) is 5.28 Å². The molecule has 2 aromatic rings. The van der Waals surface area contributed by atoms with Gasteiger partial charge < -0.3 is 9.72 Å². The number of halogens is 1. The first-order chi connectivity index (χ1) is 7.61. The fourth-order valence-electron chi connectivity index (χ4n) is 1.87. The van der Waals surface area contributed by atoms with Gasteiger partial charge in [0.2, 0.25) is 0 Å². The molecule has 0 saturated carbocycles. The van der Waals surface area contributed by atoms with Gasteiger partial charge in [-0.2, -0.15) is 0 Å². The van der Waals surface area contributed by atoms with Crippen LogP contribution in [0.4, 0.5) is 0 Å². The van der Waals surface area contributed by atoms with E-state index in [1.807, 2.05) is 13.8 Å². The van der Waals surface area contributed by atoms with E-state index in [9.17, 15) is 0 Å². The highest BCUT2D eigenvalue weighted by Crippen LogP contribution is 2.29. The molecule has 0 radical (unpaired) electrons. The zero-order chi connectivity index (χ0) is 11.7. The number of nitrogens with one attached hydrogen (secondary N) is 1. The van der Waals surface area contributed by atoms with Crippen molar-refractivity contribution in [1.82, 2.24) is 9.97 Å². The van der Waals surface area contributed by atoms with Gasteiger partial charge >= 0.3 is 0 Å². The number of aromatic nitrogens is 2. The quantitative estimate of drug-likeness (QED) is 0.868. The highest BCUT2D eigenvalue weighted by Gasteiger charge is 2.08. The van der Waals surface area contributed by atoms with E-state index in [2.05, 4.69) is 22.1 Å². The maximum Gasteiger partial charge on any atom is 0.200 e. The molecule has 16 heavy (non-hydrogen) atoms. The summed E-state index contributed by atoms with van der Waals surface area (Å²) in [5.41, 5.74) is 4.18. The van der Waals surface area contributed by atoms with Gasteiger partial charge in [-0.1, -0.05) is 0 Å². The van der Waals surface area contributed by atoms with Crippen LogP contribution in [0.15, 0.2) is 18.3 Å². The third-order valence-electron chi connectivity index (χ3n) is 2.52. The molecule has 0 bridgehead atoms. The Morgan fingerprint density at radius 3 is 2.31 bits per heavy atom. The third-order valence-corrected chi connectivity index (χ3v) is 2.71. The molecule has 0 unspecified atom stereocenters. The number of ether oxygens (including phenoxy) is 1. The van der Waals surface area contributed by atoms with E-state index in [0.717, 1.165) is 28.1 Å². The Labute approximate surface area is 99.4 Å². The van der Waals surface area contributed by atoms with E-state index in [0.29, 0.717) is 5.28 Å². The molecular formula is C12H13ClN2O. The molecule has 1 heterocycles. The van der Waals surface area contributed by atoms with E-state index < -0.39 is 0 Å². The molecule has 0 aliphatic carbocycles. The molecule has 3 nitrogen and oxygen atoms in total. The molecule has 0 atom stereocenters. The number of H-pyrrole nitrogens is 1. The van der Waals surface area contributed by atoms with Gasteiger partial charge in [0.25, 0.3) is 0 Å². The monoisotopic (exact) mass is 236 g/mol. The highest BCUT2D eigenvalue weighted by molar-refractivity contribution is 6.28. The number of nitrogens with zero attached hydrogens (tertiary/aromatic N) is 1. The molecule has 0 aliphatic heterocycles. The van der Waals surface area contributed by atoms with Crippen molar-refractivity contribution >= 4 is 11.6 Å². The molecule has 1 aromatic carbocycles. The fourth-order valence-corrected chi connectivity index (χ4v) is 2.02. The molecule has 1 N–H and O–H groups in total. The van der Waals surface area contributed by atoms with Crippen LogP contribution >= 0.6 is 11.6 Å². The molecule has 0 amide bonds. The minimum atomic E-state index is 0.404. The number of benzene rings is 1. The van der Waals surface area contributed by atoms with Crippen LogP contribution in [-0.4, -0.2) is 17.1 Å². The number of rotatable bonds is 2. The summed E-state index contributed by atoms with van der Waals surface area (Å²) in [7, 11) is 1.68. The molecular weight excluding hydrogens is 224 g/mol. The Morgan fingerprint density at radius 1 is 1.25 bits per heavy atom. The lowest BCUT2D eigenvalue weighted by Crippen LogP contribution is -1.92. The average Bonchev–Trinajstić information content (AvgIpc) is 2.64. The smallest absolute Gasteiger partial charge is 0.200 e. The number of imidazole rings is 1. The van der Waals surface area contributed by atoms with Crippen LogP contribution in [0.5, 0.6) is 5.75 Å². The van der Waals surface area contributed by atoms with Crippen molar-refractivity contribution in [2.75, 3.05) is 7.11 Å². The Hall–Kier alpha value is -1.48. The van der Waals surface area contributed by atoms with Crippen molar-refractivity contribution in [3.8, 4) is 17.0 Å². The van der Waals surface area contributed by atoms with Gasteiger partial charge in [-0.3, -0.25) is 0 Å². The Morgan fingerprint density at radius 2 is 1.88 bits per heavy atom. The lowest BCUT2D eigenvalue weighted by atomic mass is 10.0. The van der Waals surface area contributed by atoms with Crippen molar-refractivity contribution in [1.29, 1.82) is 0 Å². The molecule has 2 rings (SSSR count). The Kier molecular flexibility index (Phi) is 2.88. The van der Waals surface area contributed by atoms with Gasteiger partial charge in [0, 0.05) is 5.56 Å². The van der Waals surface area contributed by atoms with E-state index >= 15 is 0 Å². The van der Waals surface area contributed by atoms with Crippen LogP contribution in [0.3, 0.4) is 0 Å². The summed E-state index contributed by atoms with van der Waals surface area (Å²) in [4.78, 5) is 6.97. The maximum atomic E-state index is 5.76. The first kappa shape index (κ1) is 11.0. The summed E-state index contributed by atoms with van der Waals surface area (Å²) < 4.78 is 5.32. The maximum absolute atomic E-state index is 5.76. The van der Waals surface area contributed by atoms with Crippen LogP contribution in [-0.2, 0) is 0 Å². The van der Waals surface area contributed by atoms with Crippen molar-refractivity contribution in [3.05, 3.63) is 34.7 Å². The normalized spacial score (nSPS) is 10.5. The van der Waals surface area contributed by atoms with Crippen molar-refractivity contribution < 1.29 is 4.74 Å². The second kappa shape index (κ2) is 4.18. The fraction of sp³-hybridized carbons (Fsp3) is 0.250. The zero-order valence-electron chi connectivity index (χ0n) is 9.47. The molecule has 0 fully saturated rings. The second-order valence-electron chi connectivity index (χ2n) is 3.73. The average molecular weight is 237 g/mol. The van der Waals surface area contributed by atoms with Gasteiger partial charge in [-0.15, -0.1) is 0 Å². The standard InChI is InChI=1S/C12H13ClN2O/c1-7-4-9(5-8(2)11(7)16-3)10-6-14-12(13)15-10/h4-6H,1-3H3,(H,14,15). The number of methoxy groups -OCH3 is 1. The molecule has 84 valence electrons.